The molecule has 0 amide bonds. The second-order valence-electron chi connectivity index (χ2n) is 6.12. The Morgan fingerprint density at radius 3 is 2.86 bits per heavy atom. The normalized spacial score (nSPS) is 17.9. The first-order chi connectivity index (χ1) is 10.4. The lowest BCUT2D eigenvalue weighted by Gasteiger charge is -2.23. The van der Waals surface area contributed by atoms with Crippen molar-refractivity contribution in [2.45, 2.75) is 50.9 Å². The number of aromatic nitrogens is 1. The van der Waals surface area contributed by atoms with Gasteiger partial charge in [-0.1, -0.05) is 6.07 Å². The zero-order valence-corrected chi connectivity index (χ0v) is 13.0. The number of hydrogen-bond acceptors (Lipinski definition) is 4. The van der Waals surface area contributed by atoms with E-state index in [1.807, 2.05) is 17.5 Å². The maximum Gasteiger partial charge on any atom is 0.129 e. The number of hydrogen-bond donors (Lipinski definition) is 1. The van der Waals surface area contributed by atoms with Crippen molar-refractivity contribution in [3.8, 4) is 0 Å². The molecule has 0 saturated heterocycles. The Labute approximate surface area is 130 Å². The monoisotopic (exact) mass is 299 g/mol. The molecule has 0 aromatic carbocycles. The number of thiophene rings is 1. The van der Waals surface area contributed by atoms with Crippen LogP contribution in [0.25, 0.3) is 0 Å². The van der Waals surface area contributed by atoms with Crippen molar-refractivity contribution < 1.29 is 0 Å². The summed E-state index contributed by atoms with van der Waals surface area (Å²) < 4.78 is 0. The van der Waals surface area contributed by atoms with Crippen LogP contribution >= 0.6 is 11.3 Å². The van der Waals surface area contributed by atoms with Crippen LogP contribution in [-0.2, 0) is 13.1 Å². The summed E-state index contributed by atoms with van der Waals surface area (Å²) in [5.74, 6) is 1.14. The van der Waals surface area contributed by atoms with E-state index in [0.717, 1.165) is 24.9 Å². The first-order valence-electron chi connectivity index (χ1n) is 7.86. The van der Waals surface area contributed by atoms with Gasteiger partial charge in [0.15, 0.2) is 0 Å². The van der Waals surface area contributed by atoms with Crippen LogP contribution in [0.1, 0.15) is 36.1 Å². The maximum atomic E-state index is 4.63. The Morgan fingerprint density at radius 2 is 2.14 bits per heavy atom. The Morgan fingerprint density at radius 1 is 1.24 bits per heavy atom. The molecule has 2 fully saturated rings. The van der Waals surface area contributed by atoms with Crippen LogP contribution < -0.4 is 10.2 Å². The third-order valence-electron chi connectivity index (χ3n) is 4.17. The molecule has 0 aliphatic heterocycles. The summed E-state index contributed by atoms with van der Waals surface area (Å²) >= 11 is 1.84. The van der Waals surface area contributed by atoms with Gasteiger partial charge < -0.3 is 10.2 Å². The summed E-state index contributed by atoms with van der Waals surface area (Å²) in [4.78, 5) is 8.53. The van der Waals surface area contributed by atoms with Crippen LogP contribution in [0.5, 0.6) is 0 Å². The Hall–Kier alpha value is -1.39. The van der Waals surface area contributed by atoms with Gasteiger partial charge in [-0.3, -0.25) is 0 Å². The van der Waals surface area contributed by atoms with E-state index >= 15 is 0 Å². The second kappa shape index (κ2) is 5.78. The van der Waals surface area contributed by atoms with E-state index < -0.39 is 0 Å². The number of anilines is 1. The first-order valence-corrected chi connectivity index (χ1v) is 8.74. The summed E-state index contributed by atoms with van der Waals surface area (Å²) in [6, 6.07) is 10.2. The van der Waals surface area contributed by atoms with Crippen LogP contribution in [0.2, 0.25) is 0 Å². The molecule has 0 bridgehead atoms. The number of nitrogens with zero attached hydrogens (tertiary/aromatic N) is 2. The molecule has 0 unspecified atom stereocenters. The molecular weight excluding hydrogens is 278 g/mol. The molecule has 21 heavy (non-hydrogen) atoms. The number of pyridine rings is 1. The van der Waals surface area contributed by atoms with Crippen LogP contribution in [0, 0.1) is 0 Å². The van der Waals surface area contributed by atoms with Gasteiger partial charge in [0.25, 0.3) is 0 Å². The fourth-order valence-corrected chi connectivity index (χ4v) is 3.33. The van der Waals surface area contributed by atoms with Gasteiger partial charge in [-0.15, -0.1) is 11.3 Å². The zero-order chi connectivity index (χ0) is 14.1. The Bertz CT molecular complexity index is 588. The van der Waals surface area contributed by atoms with Gasteiger partial charge in [0.1, 0.15) is 5.82 Å². The largest absolute Gasteiger partial charge is 0.348 e. The van der Waals surface area contributed by atoms with E-state index in [2.05, 4.69) is 44.8 Å². The van der Waals surface area contributed by atoms with Gasteiger partial charge in [0.2, 0.25) is 0 Å². The molecule has 3 nitrogen and oxygen atoms in total. The molecule has 2 aromatic heterocycles. The fourth-order valence-electron chi connectivity index (χ4n) is 2.63. The van der Waals surface area contributed by atoms with Crippen LogP contribution in [0.15, 0.2) is 35.8 Å². The molecular formula is C17H21N3S. The first kappa shape index (κ1) is 13.3. The maximum absolute atomic E-state index is 4.63. The van der Waals surface area contributed by atoms with Crippen molar-refractivity contribution in [2.24, 2.45) is 0 Å². The van der Waals surface area contributed by atoms with E-state index in [-0.39, 0.29) is 0 Å². The Balaban J connectivity index is 1.49. The summed E-state index contributed by atoms with van der Waals surface area (Å²) in [6.07, 6.45) is 7.24. The highest BCUT2D eigenvalue weighted by Gasteiger charge is 2.30. The summed E-state index contributed by atoms with van der Waals surface area (Å²) in [7, 11) is 0. The van der Waals surface area contributed by atoms with Crippen molar-refractivity contribution in [1.29, 1.82) is 0 Å². The van der Waals surface area contributed by atoms with Gasteiger partial charge in [-0.05, 0) is 54.8 Å². The van der Waals surface area contributed by atoms with Crippen molar-refractivity contribution in [3.63, 3.8) is 0 Å². The Kier molecular flexibility index (Phi) is 3.65. The molecule has 0 radical (unpaired) electrons. The van der Waals surface area contributed by atoms with E-state index in [1.54, 1.807) is 0 Å². The second-order valence-corrected chi connectivity index (χ2v) is 7.15. The smallest absolute Gasteiger partial charge is 0.129 e. The average Bonchev–Trinajstić information content (AvgIpc) is 3.44. The van der Waals surface area contributed by atoms with E-state index in [1.165, 1.54) is 36.1 Å². The van der Waals surface area contributed by atoms with E-state index in [9.17, 15) is 0 Å². The highest BCUT2D eigenvalue weighted by Crippen LogP contribution is 2.33. The van der Waals surface area contributed by atoms with E-state index in [4.69, 9.17) is 0 Å². The number of rotatable bonds is 7. The third-order valence-corrected chi connectivity index (χ3v) is 5.03. The van der Waals surface area contributed by atoms with Crippen molar-refractivity contribution in [3.05, 3.63) is 46.3 Å². The standard InChI is InChI=1S/C17H21N3S/c1-2-16(21-9-1)12-20(15-5-6-15)17-10-13(7-8-18-17)11-19-14-3-4-14/h1-2,7-10,14-15,19H,3-6,11-12H2. The summed E-state index contributed by atoms with van der Waals surface area (Å²) in [5.41, 5.74) is 1.35. The van der Waals surface area contributed by atoms with E-state index in [0.29, 0.717) is 6.04 Å². The van der Waals surface area contributed by atoms with Gasteiger partial charge in [0, 0.05) is 29.7 Å². The topological polar surface area (TPSA) is 28.2 Å². The lowest BCUT2D eigenvalue weighted by molar-refractivity contribution is 0.685. The predicted octanol–water partition coefficient (Wildman–Crippen LogP) is 3.56. The van der Waals surface area contributed by atoms with Gasteiger partial charge in [-0.2, -0.15) is 0 Å². The predicted molar refractivity (Wildman–Crippen MR) is 87.6 cm³/mol. The van der Waals surface area contributed by atoms with Gasteiger partial charge >= 0.3 is 0 Å². The molecule has 2 saturated carbocycles. The third kappa shape index (κ3) is 3.44. The lowest BCUT2D eigenvalue weighted by Crippen LogP contribution is -2.26. The van der Waals surface area contributed by atoms with Crippen LogP contribution in [0.3, 0.4) is 0 Å². The van der Waals surface area contributed by atoms with Gasteiger partial charge in [-0.25, -0.2) is 4.98 Å². The number of nitrogens with one attached hydrogen (secondary N) is 1. The molecule has 2 aliphatic carbocycles. The summed E-state index contributed by atoms with van der Waals surface area (Å²) in [5, 5.41) is 5.74. The zero-order valence-electron chi connectivity index (χ0n) is 12.2. The van der Waals surface area contributed by atoms with Crippen molar-refractivity contribution in [2.75, 3.05) is 4.90 Å². The minimum absolute atomic E-state index is 0.686. The lowest BCUT2D eigenvalue weighted by atomic mass is 10.2. The molecule has 2 aliphatic rings. The minimum atomic E-state index is 0.686. The molecule has 110 valence electrons. The molecule has 2 aromatic rings. The highest BCUT2D eigenvalue weighted by molar-refractivity contribution is 7.09. The minimum Gasteiger partial charge on any atom is -0.348 e. The molecule has 1 N–H and O–H groups in total. The highest BCUT2D eigenvalue weighted by atomic mass is 32.1. The fraction of sp³-hybridized carbons (Fsp3) is 0.471. The van der Waals surface area contributed by atoms with Crippen molar-refractivity contribution in [1.82, 2.24) is 10.3 Å². The molecule has 0 atom stereocenters. The molecule has 4 rings (SSSR count). The average molecular weight is 299 g/mol. The van der Waals surface area contributed by atoms with Crippen molar-refractivity contribution >= 4 is 17.2 Å². The quantitative estimate of drug-likeness (QED) is 0.847. The molecule has 4 heteroatoms. The summed E-state index contributed by atoms with van der Waals surface area (Å²) in [6.45, 7) is 1.96. The molecule has 2 heterocycles. The van der Waals surface area contributed by atoms with Crippen LogP contribution in [0.4, 0.5) is 5.82 Å². The van der Waals surface area contributed by atoms with Gasteiger partial charge in [0.05, 0.1) is 6.54 Å². The molecule has 0 spiro atoms. The SMILES string of the molecule is c1csc(CN(c2cc(CNC3CC3)ccn2)C2CC2)c1. The van der Waals surface area contributed by atoms with Crippen LogP contribution in [-0.4, -0.2) is 17.1 Å².